The Balaban J connectivity index is 1.11. The van der Waals surface area contributed by atoms with Crippen molar-refractivity contribution in [1.82, 2.24) is 4.90 Å². The number of aliphatic hydroxyl groups is 2. The molecule has 6 aliphatic carbocycles. The van der Waals surface area contributed by atoms with Gasteiger partial charge in [0.05, 0.1) is 38.9 Å². The lowest BCUT2D eigenvalue weighted by molar-refractivity contribution is -0.181. The normalized spacial score (nSPS) is 32.5. The summed E-state index contributed by atoms with van der Waals surface area (Å²) in [5.74, 6) is 0.256. The van der Waals surface area contributed by atoms with Crippen LogP contribution in [0.3, 0.4) is 0 Å². The Hall–Kier alpha value is -4.50. The SMILES string of the molecule is COc1ccc(CC(=O)N(Cc2cccc3ccccc23)C[C@]2(O)CC[C@H]3[C@]45C=C[C@@]6(C=C4C(=O)Cc4c(F)cccc4Cl)CC(O)CC[C@]6(C)[C@H]5CC[C@@]32C)cc1OC. The van der Waals surface area contributed by atoms with Crippen molar-refractivity contribution in [3.63, 3.8) is 0 Å². The number of aliphatic hydroxyl groups excluding tert-OH is 1. The zero-order valence-electron chi connectivity index (χ0n) is 35.0. The minimum Gasteiger partial charge on any atom is -0.493 e. The number of halogens is 2. The first-order valence-electron chi connectivity index (χ1n) is 21.5. The molecular weight excluding hydrogens is 777 g/mol. The number of nitrogens with zero attached hydrogens (tertiary/aromatic N) is 1. The van der Waals surface area contributed by atoms with E-state index >= 15 is 4.39 Å². The monoisotopic (exact) mass is 831 g/mol. The summed E-state index contributed by atoms with van der Waals surface area (Å²) in [4.78, 5) is 31.5. The van der Waals surface area contributed by atoms with Gasteiger partial charge in [0, 0.05) is 45.4 Å². The fourth-order valence-corrected chi connectivity index (χ4v) is 13.3. The van der Waals surface area contributed by atoms with Crippen LogP contribution < -0.4 is 9.47 Å². The number of ketones is 1. The van der Waals surface area contributed by atoms with Crippen LogP contribution in [0.5, 0.6) is 11.5 Å². The first-order chi connectivity index (χ1) is 28.7. The number of hydrogen-bond donors (Lipinski definition) is 2. The van der Waals surface area contributed by atoms with Gasteiger partial charge in [0.2, 0.25) is 5.91 Å². The molecular formula is C51H55ClFNO6. The molecule has 1 unspecified atom stereocenters. The molecule has 0 aromatic heterocycles. The number of Topliss-reactive ketones (excluding diaryl/α,β-unsaturated/α-hetero) is 1. The molecule has 2 bridgehead atoms. The summed E-state index contributed by atoms with van der Waals surface area (Å²) >= 11 is 6.53. The van der Waals surface area contributed by atoms with E-state index in [9.17, 15) is 19.8 Å². The van der Waals surface area contributed by atoms with Gasteiger partial charge in [0.25, 0.3) is 0 Å². The van der Waals surface area contributed by atoms with Crippen LogP contribution in [0.1, 0.15) is 75.5 Å². The number of carbonyl (C=O) groups excluding carboxylic acids is 2. The second-order valence-electron chi connectivity index (χ2n) is 18.9. The van der Waals surface area contributed by atoms with E-state index in [1.807, 2.05) is 35.2 Å². The van der Waals surface area contributed by atoms with Gasteiger partial charge in [0.15, 0.2) is 17.3 Å². The maximum Gasteiger partial charge on any atom is 0.227 e. The van der Waals surface area contributed by atoms with E-state index in [2.05, 4.69) is 56.3 Å². The largest absolute Gasteiger partial charge is 0.493 e. The van der Waals surface area contributed by atoms with Gasteiger partial charge in [-0.3, -0.25) is 9.59 Å². The van der Waals surface area contributed by atoms with Crippen molar-refractivity contribution in [1.29, 1.82) is 0 Å². The number of fused-ring (bicyclic) bond motifs is 2. The summed E-state index contributed by atoms with van der Waals surface area (Å²) in [6.45, 7) is 4.94. The predicted molar refractivity (Wildman–Crippen MR) is 231 cm³/mol. The number of methoxy groups -OCH3 is 2. The topological polar surface area (TPSA) is 96.3 Å². The molecule has 60 heavy (non-hydrogen) atoms. The highest BCUT2D eigenvalue weighted by Crippen LogP contribution is 2.78. The third-order valence-electron chi connectivity index (χ3n) is 16.3. The van der Waals surface area contributed by atoms with Crippen molar-refractivity contribution >= 4 is 34.1 Å². The van der Waals surface area contributed by atoms with Gasteiger partial charge in [-0.05, 0) is 108 Å². The minimum absolute atomic E-state index is 0.0708. The lowest BCUT2D eigenvalue weighted by Gasteiger charge is -2.71. The predicted octanol–water partition coefficient (Wildman–Crippen LogP) is 9.62. The number of benzene rings is 4. The molecule has 0 radical (unpaired) electrons. The number of hydrogen-bond acceptors (Lipinski definition) is 6. The van der Waals surface area contributed by atoms with Crippen LogP contribution in [0.4, 0.5) is 4.39 Å². The minimum atomic E-state index is -1.29. The first kappa shape index (κ1) is 40.9. The van der Waals surface area contributed by atoms with Crippen molar-refractivity contribution in [3.05, 3.63) is 130 Å². The second kappa shape index (κ2) is 14.8. The smallest absolute Gasteiger partial charge is 0.227 e. The summed E-state index contributed by atoms with van der Waals surface area (Å²) in [6.07, 6.45) is 10.7. The zero-order valence-corrected chi connectivity index (χ0v) is 35.7. The van der Waals surface area contributed by atoms with Gasteiger partial charge >= 0.3 is 0 Å². The molecule has 2 N–H and O–H groups in total. The summed E-state index contributed by atoms with van der Waals surface area (Å²) in [5.41, 5.74) is -0.831. The number of amides is 1. The Morgan fingerprint density at radius 2 is 1.57 bits per heavy atom. The third-order valence-corrected chi connectivity index (χ3v) is 16.6. The van der Waals surface area contributed by atoms with Crippen LogP contribution in [0.2, 0.25) is 5.02 Å². The van der Waals surface area contributed by atoms with Crippen molar-refractivity contribution in [2.45, 2.75) is 89.9 Å². The molecule has 2 spiro atoms. The number of rotatable bonds is 11. The number of carbonyl (C=O) groups is 2. The van der Waals surface area contributed by atoms with Crippen molar-refractivity contribution in [3.8, 4) is 11.5 Å². The highest BCUT2D eigenvalue weighted by molar-refractivity contribution is 6.31. The Morgan fingerprint density at radius 3 is 2.35 bits per heavy atom. The highest BCUT2D eigenvalue weighted by Gasteiger charge is 2.74. The molecule has 0 saturated heterocycles. The van der Waals surface area contributed by atoms with E-state index in [1.54, 1.807) is 32.4 Å². The molecule has 9 heteroatoms. The second-order valence-corrected chi connectivity index (χ2v) is 19.3. The average molecular weight is 832 g/mol. The molecule has 10 rings (SSSR count). The van der Waals surface area contributed by atoms with Crippen LogP contribution in [0, 0.1) is 39.3 Å². The van der Waals surface area contributed by atoms with E-state index in [0.717, 1.165) is 41.2 Å². The van der Waals surface area contributed by atoms with Gasteiger partial charge in [0.1, 0.15) is 5.82 Å². The fourth-order valence-electron chi connectivity index (χ4n) is 13.1. The van der Waals surface area contributed by atoms with E-state index in [1.165, 1.54) is 6.07 Å². The molecule has 3 fully saturated rings. The van der Waals surface area contributed by atoms with Crippen LogP contribution in [-0.2, 0) is 29.0 Å². The molecule has 0 heterocycles. The highest BCUT2D eigenvalue weighted by atomic mass is 35.5. The maximum absolute atomic E-state index is 15.3. The summed E-state index contributed by atoms with van der Waals surface area (Å²) in [5, 5.41) is 26.8. The Labute approximate surface area is 357 Å². The molecule has 8 atom stereocenters. The van der Waals surface area contributed by atoms with Gasteiger partial charge in [-0.1, -0.05) is 98.3 Å². The summed E-state index contributed by atoms with van der Waals surface area (Å²) in [6, 6.07) is 24.3. The molecule has 7 nitrogen and oxygen atoms in total. The van der Waals surface area contributed by atoms with Gasteiger partial charge in [-0.15, -0.1) is 0 Å². The molecule has 1 amide bonds. The first-order valence-corrected chi connectivity index (χ1v) is 21.8. The van der Waals surface area contributed by atoms with E-state index < -0.39 is 33.8 Å². The third kappa shape index (κ3) is 6.10. The molecule has 314 valence electrons. The summed E-state index contributed by atoms with van der Waals surface area (Å²) in [7, 11) is 3.16. The van der Waals surface area contributed by atoms with Crippen molar-refractivity contribution < 1.29 is 33.7 Å². The molecule has 6 aliphatic rings. The Kier molecular flexibility index (Phi) is 10.1. The zero-order chi connectivity index (χ0) is 42.2. The standard InChI is InChI=1S/C51H55ClFNO6/c1-47-20-17-35(55)28-49(47)23-24-51(38(29-49)41(56)27-37-39(52)13-8-14-40(37)53)44(47)18-21-48(2)45(51)19-22-50(48,58)31-54(30-34-11-7-10-33-9-5-6-12-36(33)34)46(57)26-32-15-16-42(59-3)43(25-32)60-4/h5-16,23-25,29,35,44-45,55,58H,17-22,26-28,30-31H2,1-4H3/t35?,44-,45-,47-,48+,49+,50-,51-/m1/s1. The van der Waals surface area contributed by atoms with Crippen LogP contribution in [0.25, 0.3) is 10.8 Å². The van der Waals surface area contributed by atoms with Gasteiger partial charge in [-0.2, -0.15) is 0 Å². The lowest BCUT2D eigenvalue weighted by atomic mass is 9.32. The van der Waals surface area contributed by atoms with Crippen LogP contribution >= 0.6 is 11.6 Å². The quantitative estimate of drug-likeness (QED) is 0.146. The molecule has 3 saturated carbocycles. The van der Waals surface area contributed by atoms with Crippen LogP contribution in [0.15, 0.2) is 103 Å². The molecule has 4 aromatic rings. The molecule has 0 aliphatic heterocycles. The summed E-state index contributed by atoms with van der Waals surface area (Å²) < 4.78 is 26.4. The Morgan fingerprint density at radius 1 is 0.850 bits per heavy atom. The fraction of sp³-hybridized carbons (Fsp3) is 0.451. The average Bonchev–Trinajstić information content (AvgIpc) is 3.51. The lowest BCUT2D eigenvalue weighted by Crippen LogP contribution is -2.67. The molecule has 4 aromatic carbocycles. The van der Waals surface area contributed by atoms with Crippen molar-refractivity contribution in [2.75, 3.05) is 20.8 Å². The van der Waals surface area contributed by atoms with Gasteiger partial charge < -0.3 is 24.6 Å². The number of ether oxygens (including phenoxy) is 2. The van der Waals surface area contributed by atoms with Gasteiger partial charge in [-0.25, -0.2) is 4.39 Å². The van der Waals surface area contributed by atoms with E-state index in [0.29, 0.717) is 49.3 Å². The van der Waals surface area contributed by atoms with Crippen LogP contribution in [-0.4, -0.2) is 59.3 Å². The van der Waals surface area contributed by atoms with E-state index in [-0.39, 0.29) is 58.9 Å². The maximum atomic E-state index is 15.3. The van der Waals surface area contributed by atoms with E-state index in [4.69, 9.17) is 21.1 Å². The number of allylic oxidation sites excluding steroid dienone is 4. The van der Waals surface area contributed by atoms with Crippen molar-refractivity contribution in [2.24, 2.45) is 33.5 Å². The Bertz CT molecular complexity index is 2420.